The van der Waals surface area contributed by atoms with Crippen molar-refractivity contribution < 1.29 is 4.39 Å². The summed E-state index contributed by atoms with van der Waals surface area (Å²) in [5, 5.41) is 8.18. The third-order valence-electron chi connectivity index (χ3n) is 4.14. The Morgan fingerprint density at radius 2 is 1.65 bits per heavy atom. The Morgan fingerprint density at radius 1 is 0.957 bits per heavy atom. The lowest BCUT2D eigenvalue weighted by Crippen LogP contribution is -2.47. The molecule has 23 heavy (non-hydrogen) atoms. The van der Waals surface area contributed by atoms with E-state index >= 15 is 0 Å². The first-order valence-electron chi connectivity index (χ1n) is 7.48. The highest BCUT2D eigenvalue weighted by molar-refractivity contribution is 5.82. The van der Waals surface area contributed by atoms with E-state index in [1.54, 1.807) is 11.0 Å². The number of piperazine rings is 1. The molecule has 1 fully saturated rings. The average molecular weight is 313 g/mol. The Labute approximate surface area is 132 Å². The molecule has 0 bridgehead atoms. The van der Waals surface area contributed by atoms with Crippen LogP contribution in [0, 0.1) is 5.82 Å². The number of hydrogen-bond donors (Lipinski definition) is 0. The number of rotatable bonds is 2. The summed E-state index contributed by atoms with van der Waals surface area (Å²) in [5.41, 5.74) is 2.50. The molecule has 8 heteroatoms. The lowest BCUT2D eigenvalue weighted by atomic mass is 10.2. The number of nitrogens with zero attached hydrogens (tertiary/aromatic N) is 7. The second-order valence-corrected chi connectivity index (χ2v) is 5.53. The molecule has 0 unspecified atom stereocenters. The minimum atomic E-state index is -0.210. The average Bonchev–Trinajstić information content (AvgIpc) is 2.97. The molecule has 118 valence electrons. The summed E-state index contributed by atoms with van der Waals surface area (Å²) < 4.78 is 14.7. The van der Waals surface area contributed by atoms with E-state index in [0.29, 0.717) is 0 Å². The van der Waals surface area contributed by atoms with Crippen molar-refractivity contribution in [3.8, 4) is 0 Å². The number of benzene rings is 1. The first-order valence-corrected chi connectivity index (χ1v) is 7.48. The minimum Gasteiger partial charge on any atom is -0.368 e. The maximum atomic E-state index is 13.0. The molecule has 0 atom stereocenters. The van der Waals surface area contributed by atoms with Crippen molar-refractivity contribution in [2.75, 3.05) is 36.0 Å². The molecular formula is C15H16FN7. The van der Waals surface area contributed by atoms with Gasteiger partial charge in [0.15, 0.2) is 17.0 Å². The molecule has 3 heterocycles. The highest BCUT2D eigenvalue weighted by Gasteiger charge is 2.22. The summed E-state index contributed by atoms with van der Waals surface area (Å²) >= 11 is 0. The van der Waals surface area contributed by atoms with Crippen LogP contribution in [0.2, 0.25) is 0 Å². The molecule has 0 amide bonds. The molecule has 0 saturated carbocycles. The van der Waals surface area contributed by atoms with Crippen molar-refractivity contribution >= 4 is 22.7 Å². The normalized spacial score (nSPS) is 15.4. The van der Waals surface area contributed by atoms with Crippen molar-refractivity contribution in [1.29, 1.82) is 0 Å². The topological polar surface area (TPSA) is 63.0 Å². The molecule has 7 nitrogen and oxygen atoms in total. The summed E-state index contributed by atoms with van der Waals surface area (Å²) in [6.45, 7) is 3.33. The van der Waals surface area contributed by atoms with Crippen LogP contribution in [0.3, 0.4) is 0 Å². The lowest BCUT2D eigenvalue weighted by molar-refractivity contribution is 0.624. The van der Waals surface area contributed by atoms with Crippen molar-refractivity contribution in [2.45, 2.75) is 0 Å². The maximum absolute atomic E-state index is 13.0. The Kier molecular flexibility index (Phi) is 3.29. The van der Waals surface area contributed by atoms with E-state index in [1.165, 1.54) is 12.1 Å². The zero-order valence-corrected chi connectivity index (χ0v) is 12.7. The van der Waals surface area contributed by atoms with Crippen LogP contribution < -0.4 is 9.80 Å². The molecule has 0 radical (unpaired) electrons. The molecule has 1 saturated heterocycles. The van der Waals surface area contributed by atoms with E-state index in [0.717, 1.165) is 48.8 Å². The van der Waals surface area contributed by atoms with Gasteiger partial charge in [-0.2, -0.15) is 0 Å². The molecule has 0 spiro atoms. The van der Waals surface area contributed by atoms with Crippen molar-refractivity contribution in [1.82, 2.24) is 25.0 Å². The summed E-state index contributed by atoms with van der Waals surface area (Å²) in [6, 6.07) is 6.62. The fraction of sp³-hybridized carbons (Fsp3) is 0.333. The molecule has 4 rings (SSSR count). The summed E-state index contributed by atoms with van der Waals surface area (Å²) in [5.74, 6) is 0.611. The van der Waals surface area contributed by atoms with Gasteiger partial charge in [-0.3, -0.25) is 0 Å². The van der Waals surface area contributed by atoms with E-state index in [1.807, 2.05) is 19.2 Å². The van der Waals surface area contributed by atoms with Crippen LogP contribution in [0.15, 0.2) is 30.6 Å². The number of aromatic nitrogens is 5. The molecule has 0 aliphatic carbocycles. The van der Waals surface area contributed by atoms with Gasteiger partial charge in [0.05, 0.1) is 0 Å². The van der Waals surface area contributed by atoms with Crippen LogP contribution in [0.4, 0.5) is 15.9 Å². The second kappa shape index (κ2) is 5.45. The van der Waals surface area contributed by atoms with Crippen LogP contribution in [-0.4, -0.2) is 51.1 Å². The molecule has 0 N–H and O–H groups in total. The zero-order chi connectivity index (χ0) is 15.8. The van der Waals surface area contributed by atoms with Gasteiger partial charge < -0.3 is 9.80 Å². The highest BCUT2D eigenvalue weighted by Crippen LogP contribution is 2.23. The van der Waals surface area contributed by atoms with Crippen LogP contribution >= 0.6 is 0 Å². The molecule has 1 aromatic carbocycles. The third-order valence-corrected chi connectivity index (χ3v) is 4.14. The third kappa shape index (κ3) is 2.45. The summed E-state index contributed by atoms with van der Waals surface area (Å²) in [4.78, 5) is 13.0. The number of aryl methyl sites for hydroxylation is 1. The standard InChI is InChI=1S/C15H16FN7/c1-21-14-13(19-20-21)15(18-10-17-14)23-8-6-22(7-9-23)12-4-2-11(16)3-5-12/h2-5,10H,6-9H2,1H3. The molecule has 2 aromatic heterocycles. The van der Waals surface area contributed by atoms with Gasteiger partial charge in [-0.25, -0.2) is 19.0 Å². The Hall–Kier alpha value is -2.77. The minimum absolute atomic E-state index is 0.210. The van der Waals surface area contributed by atoms with E-state index in [2.05, 4.69) is 30.1 Å². The quantitative estimate of drug-likeness (QED) is 0.709. The zero-order valence-electron chi connectivity index (χ0n) is 12.7. The number of halogens is 1. The van der Waals surface area contributed by atoms with E-state index in [9.17, 15) is 4.39 Å². The van der Waals surface area contributed by atoms with Gasteiger partial charge in [-0.15, -0.1) is 5.10 Å². The van der Waals surface area contributed by atoms with Gasteiger partial charge in [-0.05, 0) is 24.3 Å². The number of fused-ring (bicyclic) bond motifs is 1. The van der Waals surface area contributed by atoms with Crippen LogP contribution in [0.1, 0.15) is 0 Å². The predicted octanol–water partition coefficient (Wildman–Crippen LogP) is 1.22. The molecular weight excluding hydrogens is 297 g/mol. The van der Waals surface area contributed by atoms with Gasteiger partial charge in [0.2, 0.25) is 0 Å². The van der Waals surface area contributed by atoms with Crippen LogP contribution in [0.25, 0.3) is 11.2 Å². The second-order valence-electron chi connectivity index (χ2n) is 5.53. The summed E-state index contributed by atoms with van der Waals surface area (Å²) in [7, 11) is 1.82. The van der Waals surface area contributed by atoms with E-state index in [4.69, 9.17) is 0 Å². The SMILES string of the molecule is Cn1nnc2c(N3CCN(c4ccc(F)cc4)CC3)ncnc21. The van der Waals surface area contributed by atoms with Gasteiger partial charge in [0.25, 0.3) is 0 Å². The monoisotopic (exact) mass is 313 g/mol. The van der Waals surface area contributed by atoms with Gasteiger partial charge in [-0.1, -0.05) is 5.21 Å². The fourth-order valence-electron chi connectivity index (χ4n) is 2.90. The first kappa shape index (κ1) is 13.9. The maximum Gasteiger partial charge on any atom is 0.183 e. The lowest BCUT2D eigenvalue weighted by Gasteiger charge is -2.36. The van der Waals surface area contributed by atoms with Gasteiger partial charge in [0.1, 0.15) is 12.1 Å². The smallest absolute Gasteiger partial charge is 0.183 e. The van der Waals surface area contributed by atoms with Gasteiger partial charge in [0, 0.05) is 38.9 Å². The molecule has 3 aromatic rings. The van der Waals surface area contributed by atoms with Crippen molar-refractivity contribution in [3.05, 3.63) is 36.4 Å². The number of anilines is 2. The van der Waals surface area contributed by atoms with Gasteiger partial charge >= 0.3 is 0 Å². The van der Waals surface area contributed by atoms with Crippen LogP contribution in [0.5, 0.6) is 0 Å². The molecule has 1 aliphatic heterocycles. The molecule has 1 aliphatic rings. The van der Waals surface area contributed by atoms with E-state index in [-0.39, 0.29) is 5.82 Å². The Morgan fingerprint density at radius 3 is 2.39 bits per heavy atom. The first-order chi connectivity index (χ1) is 11.2. The van der Waals surface area contributed by atoms with Crippen molar-refractivity contribution in [3.63, 3.8) is 0 Å². The van der Waals surface area contributed by atoms with E-state index < -0.39 is 0 Å². The largest absolute Gasteiger partial charge is 0.368 e. The highest BCUT2D eigenvalue weighted by atomic mass is 19.1. The Bertz CT molecular complexity index is 821. The number of hydrogen-bond acceptors (Lipinski definition) is 6. The Balaban J connectivity index is 1.54. The van der Waals surface area contributed by atoms with Crippen LogP contribution in [-0.2, 0) is 7.05 Å². The predicted molar refractivity (Wildman–Crippen MR) is 84.9 cm³/mol. The van der Waals surface area contributed by atoms with Crippen molar-refractivity contribution in [2.24, 2.45) is 7.05 Å². The summed E-state index contributed by atoms with van der Waals surface area (Å²) in [6.07, 6.45) is 1.55. The fourth-order valence-corrected chi connectivity index (χ4v) is 2.90.